The third-order valence-electron chi connectivity index (χ3n) is 4.27. The van der Waals surface area contributed by atoms with E-state index in [4.69, 9.17) is 0 Å². The summed E-state index contributed by atoms with van der Waals surface area (Å²) in [5, 5.41) is 0. The summed E-state index contributed by atoms with van der Waals surface area (Å²) in [6.07, 6.45) is 10.8. The summed E-state index contributed by atoms with van der Waals surface area (Å²) in [4.78, 5) is 0. The molecule has 0 heterocycles. The Bertz CT molecular complexity index is 339. The molecule has 2 heteroatoms. The van der Waals surface area contributed by atoms with Crippen LogP contribution in [0.25, 0.3) is 0 Å². The quantitative estimate of drug-likeness (QED) is 0.420. The molecule has 1 unspecified atom stereocenters. The summed E-state index contributed by atoms with van der Waals surface area (Å²) in [6.45, 7) is 2.32. The van der Waals surface area contributed by atoms with Gasteiger partial charge >= 0.3 is 0 Å². The van der Waals surface area contributed by atoms with Crippen LogP contribution in [0.1, 0.15) is 62.5 Å². The first-order chi connectivity index (χ1) is 8.83. The lowest BCUT2D eigenvalue weighted by molar-refractivity contribution is 0.308. The van der Waals surface area contributed by atoms with Gasteiger partial charge in [-0.05, 0) is 54.8 Å². The summed E-state index contributed by atoms with van der Waals surface area (Å²) in [5.74, 6) is 1.86. The van der Waals surface area contributed by atoms with Crippen LogP contribution in [0.15, 0.2) is 24.3 Å². The highest BCUT2D eigenvalue weighted by atomic mass is 127. The Kier molecular flexibility index (Phi) is 6.44. The normalized spacial score (nSPS) is 24.8. The van der Waals surface area contributed by atoms with Gasteiger partial charge in [-0.3, -0.25) is 0 Å². The first-order valence-corrected chi connectivity index (χ1v) is 11.6. The van der Waals surface area contributed by atoms with Crippen molar-refractivity contribution in [3.63, 3.8) is 0 Å². The lowest BCUT2D eigenvalue weighted by atomic mass is 9.77. The molecule has 0 aliphatic heterocycles. The SMILES string of the molecule is CCCC1CCC(c2ccc(CPI)cc2)CC1. The van der Waals surface area contributed by atoms with Crippen molar-refractivity contribution < 1.29 is 0 Å². The van der Waals surface area contributed by atoms with Crippen molar-refractivity contribution in [3.05, 3.63) is 35.4 Å². The minimum absolute atomic E-state index is 0.842. The van der Waals surface area contributed by atoms with Gasteiger partial charge in [-0.15, -0.1) is 0 Å². The van der Waals surface area contributed by atoms with Crippen molar-refractivity contribution in [1.82, 2.24) is 0 Å². The molecule has 1 aliphatic carbocycles. The van der Waals surface area contributed by atoms with E-state index in [1.165, 1.54) is 50.3 Å². The molecule has 0 amide bonds. The molecule has 1 fully saturated rings. The molecule has 18 heavy (non-hydrogen) atoms. The van der Waals surface area contributed by atoms with E-state index in [0.29, 0.717) is 0 Å². The van der Waals surface area contributed by atoms with Crippen molar-refractivity contribution in [1.29, 1.82) is 0 Å². The second-order valence-corrected chi connectivity index (χ2v) is 8.47. The van der Waals surface area contributed by atoms with Crippen LogP contribution < -0.4 is 0 Å². The van der Waals surface area contributed by atoms with E-state index < -0.39 is 0 Å². The molecule has 0 N–H and O–H groups in total. The number of hydrogen-bond donors (Lipinski definition) is 0. The lowest BCUT2D eigenvalue weighted by Crippen LogP contribution is -2.13. The predicted octanol–water partition coefficient (Wildman–Crippen LogP) is 6.29. The van der Waals surface area contributed by atoms with E-state index in [1.54, 1.807) is 5.56 Å². The van der Waals surface area contributed by atoms with Crippen molar-refractivity contribution >= 4 is 28.3 Å². The van der Waals surface area contributed by atoms with Crippen LogP contribution in [0.2, 0.25) is 0 Å². The van der Waals surface area contributed by atoms with E-state index in [0.717, 1.165) is 18.1 Å². The monoisotopic (exact) mass is 374 g/mol. The van der Waals surface area contributed by atoms with Gasteiger partial charge in [0.15, 0.2) is 0 Å². The Morgan fingerprint density at radius 2 is 1.78 bits per heavy atom. The van der Waals surface area contributed by atoms with Gasteiger partial charge in [0.1, 0.15) is 0 Å². The minimum atomic E-state index is 0.842. The van der Waals surface area contributed by atoms with Gasteiger partial charge in [0.05, 0.1) is 0 Å². The first kappa shape index (κ1) is 14.8. The molecule has 0 radical (unpaired) electrons. The van der Waals surface area contributed by atoms with Gasteiger partial charge in [0, 0.05) is 0 Å². The maximum atomic E-state index is 2.48. The fourth-order valence-corrected chi connectivity index (χ4v) is 4.89. The zero-order valence-electron chi connectivity index (χ0n) is 11.3. The second-order valence-electron chi connectivity index (χ2n) is 5.56. The van der Waals surface area contributed by atoms with Gasteiger partial charge in [0.2, 0.25) is 0 Å². The highest BCUT2D eigenvalue weighted by molar-refractivity contribution is 14.2. The predicted molar refractivity (Wildman–Crippen MR) is 92.1 cm³/mol. The Morgan fingerprint density at radius 1 is 1.11 bits per heavy atom. The highest BCUT2D eigenvalue weighted by Gasteiger charge is 2.21. The Hall–Kier alpha value is 0.380. The van der Waals surface area contributed by atoms with Crippen LogP contribution >= 0.6 is 28.3 Å². The summed E-state index contributed by atoms with van der Waals surface area (Å²) in [7, 11) is 0. The van der Waals surface area contributed by atoms with Crippen LogP contribution in [-0.2, 0) is 6.16 Å². The zero-order valence-corrected chi connectivity index (χ0v) is 14.4. The van der Waals surface area contributed by atoms with E-state index in [2.05, 4.69) is 53.2 Å². The summed E-state index contributed by atoms with van der Waals surface area (Å²) in [5.41, 5.74) is 3.09. The molecule has 0 nitrogen and oxygen atoms in total. The number of benzene rings is 1. The summed E-state index contributed by atoms with van der Waals surface area (Å²) in [6, 6.07) is 9.46. The Labute approximate surface area is 127 Å². The molecule has 0 spiro atoms. The largest absolute Gasteiger partial charge is 0.0654 e. The Balaban J connectivity index is 1.89. The van der Waals surface area contributed by atoms with Crippen LogP contribution in [0.5, 0.6) is 0 Å². The molecule has 0 saturated heterocycles. The average Bonchev–Trinajstić information content (AvgIpc) is 2.41. The molecular formula is C16H24IP. The van der Waals surface area contributed by atoms with E-state index in [1.807, 2.05) is 0 Å². The van der Waals surface area contributed by atoms with Gasteiger partial charge in [-0.25, -0.2) is 0 Å². The fraction of sp³-hybridized carbons (Fsp3) is 0.625. The standard InChI is InChI=1S/C16H24IP/c1-2-3-13-4-8-15(9-5-13)16-10-6-14(7-11-16)12-18-17/h6-7,10-11,13,15,18H,2-5,8-9,12H2,1H3. The van der Waals surface area contributed by atoms with Crippen LogP contribution in [0.3, 0.4) is 0 Å². The van der Waals surface area contributed by atoms with Gasteiger partial charge in [-0.1, -0.05) is 72.3 Å². The molecule has 100 valence electrons. The fourth-order valence-electron chi connectivity index (χ4n) is 3.18. The molecule has 1 aromatic rings. The molecule has 2 rings (SSSR count). The number of halogens is 1. The number of rotatable bonds is 5. The van der Waals surface area contributed by atoms with Gasteiger partial charge in [0.25, 0.3) is 0 Å². The van der Waals surface area contributed by atoms with E-state index in [9.17, 15) is 0 Å². The molecule has 1 aliphatic rings. The van der Waals surface area contributed by atoms with E-state index in [-0.39, 0.29) is 0 Å². The van der Waals surface area contributed by atoms with Gasteiger partial charge < -0.3 is 0 Å². The molecule has 1 aromatic carbocycles. The zero-order chi connectivity index (χ0) is 12.8. The van der Waals surface area contributed by atoms with Crippen molar-refractivity contribution in [2.45, 2.75) is 57.5 Å². The van der Waals surface area contributed by atoms with Crippen LogP contribution in [-0.4, -0.2) is 0 Å². The Morgan fingerprint density at radius 3 is 2.33 bits per heavy atom. The summed E-state index contributed by atoms with van der Waals surface area (Å²) >= 11 is 2.48. The number of hydrogen-bond acceptors (Lipinski definition) is 0. The maximum absolute atomic E-state index is 2.48. The van der Waals surface area contributed by atoms with Crippen LogP contribution in [0, 0.1) is 5.92 Å². The molecule has 1 atom stereocenters. The molecule has 0 aromatic heterocycles. The lowest BCUT2D eigenvalue weighted by Gasteiger charge is -2.28. The highest BCUT2D eigenvalue weighted by Crippen LogP contribution is 2.37. The third kappa shape index (κ3) is 4.20. The molecular weight excluding hydrogens is 350 g/mol. The first-order valence-electron chi connectivity index (χ1n) is 7.25. The average molecular weight is 374 g/mol. The third-order valence-corrected chi connectivity index (χ3v) is 5.95. The second kappa shape index (κ2) is 7.85. The maximum Gasteiger partial charge on any atom is -0.000989 e. The molecule has 1 saturated carbocycles. The van der Waals surface area contributed by atoms with Gasteiger partial charge in [-0.2, -0.15) is 0 Å². The summed E-state index contributed by atoms with van der Waals surface area (Å²) < 4.78 is 0. The minimum Gasteiger partial charge on any atom is -0.0654 e. The van der Waals surface area contributed by atoms with Crippen molar-refractivity contribution in [3.8, 4) is 0 Å². The van der Waals surface area contributed by atoms with Crippen LogP contribution in [0.4, 0.5) is 0 Å². The smallest absolute Gasteiger partial charge is 0.000989 e. The topological polar surface area (TPSA) is 0 Å². The van der Waals surface area contributed by atoms with Crippen molar-refractivity contribution in [2.75, 3.05) is 0 Å². The van der Waals surface area contributed by atoms with E-state index >= 15 is 0 Å². The molecule has 0 bridgehead atoms. The van der Waals surface area contributed by atoms with Crippen molar-refractivity contribution in [2.24, 2.45) is 5.92 Å².